The van der Waals surface area contributed by atoms with Crippen LogP contribution in [0.2, 0.25) is 0 Å². The minimum atomic E-state index is -1.11. The predicted molar refractivity (Wildman–Crippen MR) is 79.2 cm³/mol. The third-order valence-electron chi connectivity index (χ3n) is 3.09. The second kappa shape index (κ2) is 7.90. The molecule has 0 saturated heterocycles. The van der Waals surface area contributed by atoms with Crippen LogP contribution in [0.15, 0.2) is 60.7 Å². The third-order valence-corrected chi connectivity index (χ3v) is 3.09. The lowest BCUT2D eigenvalue weighted by Crippen LogP contribution is -2.30. The maximum Gasteiger partial charge on any atom is 0.181 e. The van der Waals surface area contributed by atoms with E-state index in [4.69, 9.17) is 9.47 Å². The van der Waals surface area contributed by atoms with Gasteiger partial charge in [0.1, 0.15) is 6.10 Å². The molecule has 0 bridgehead atoms. The van der Waals surface area contributed by atoms with Gasteiger partial charge in [0.05, 0.1) is 6.61 Å². The van der Waals surface area contributed by atoms with Crippen LogP contribution in [-0.2, 0) is 16.1 Å². The molecule has 0 aliphatic rings. The Morgan fingerprint density at radius 1 is 0.905 bits per heavy atom. The lowest BCUT2D eigenvalue weighted by Gasteiger charge is -2.23. The van der Waals surface area contributed by atoms with E-state index in [1.807, 2.05) is 48.5 Å². The molecule has 4 nitrogen and oxygen atoms in total. The van der Waals surface area contributed by atoms with Crippen molar-refractivity contribution < 1.29 is 19.7 Å². The van der Waals surface area contributed by atoms with Crippen molar-refractivity contribution in [1.29, 1.82) is 0 Å². The van der Waals surface area contributed by atoms with Crippen molar-refractivity contribution in [2.24, 2.45) is 0 Å². The molecule has 2 aromatic rings. The number of aliphatic hydroxyl groups excluding tert-OH is 2. The molecule has 2 N–H and O–H groups in total. The summed E-state index contributed by atoms with van der Waals surface area (Å²) >= 11 is 0. The molecule has 0 saturated carbocycles. The van der Waals surface area contributed by atoms with E-state index in [0.29, 0.717) is 5.56 Å². The molecule has 0 aliphatic heterocycles. The standard InChI is InChI=1S/C17H20O4/c1-13(21-17(19)15-10-6-3-7-11-15)16(18)20-12-14-8-4-2-5-9-14/h2-11,13,16-19H,12H2,1H3/t13-,16?,17?/m1/s1. The summed E-state index contributed by atoms with van der Waals surface area (Å²) in [5.41, 5.74) is 1.60. The summed E-state index contributed by atoms with van der Waals surface area (Å²) in [5, 5.41) is 19.9. The molecule has 0 spiro atoms. The highest BCUT2D eigenvalue weighted by molar-refractivity contribution is 5.15. The van der Waals surface area contributed by atoms with Crippen molar-refractivity contribution in [2.45, 2.75) is 32.2 Å². The highest BCUT2D eigenvalue weighted by Gasteiger charge is 2.20. The zero-order valence-electron chi connectivity index (χ0n) is 11.9. The van der Waals surface area contributed by atoms with Gasteiger partial charge >= 0.3 is 0 Å². The van der Waals surface area contributed by atoms with E-state index in [-0.39, 0.29) is 6.61 Å². The Morgan fingerprint density at radius 3 is 2.10 bits per heavy atom. The largest absolute Gasteiger partial charge is 0.366 e. The summed E-state index contributed by atoms with van der Waals surface area (Å²) in [6, 6.07) is 18.6. The summed E-state index contributed by atoms with van der Waals surface area (Å²) in [6.07, 6.45) is -2.84. The van der Waals surface area contributed by atoms with Gasteiger partial charge in [0.25, 0.3) is 0 Å². The van der Waals surface area contributed by atoms with Crippen molar-refractivity contribution in [2.75, 3.05) is 0 Å². The van der Waals surface area contributed by atoms with Gasteiger partial charge in [-0.3, -0.25) is 0 Å². The fraction of sp³-hybridized carbons (Fsp3) is 0.294. The molecular formula is C17H20O4. The van der Waals surface area contributed by atoms with Crippen LogP contribution < -0.4 is 0 Å². The van der Waals surface area contributed by atoms with Gasteiger partial charge in [0.2, 0.25) is 0 Å². The molecular weight excluding hydrogens is 268 g/mol. The minimum absolute atomic E-state index is 0.289. The molecule has 4 heteroatoms. The Hall–Kier alpha value is -1.72. The monoisotopic (exact) mass is 288 g/mol. The van der Waals surface area contributed by atoms with Crippen molar-refractivity contribution in [1.82, 2.24) is 0 Å². The van der Waals surface area contributed by atoms with E-state index in [1.54, 1.807) is 19.1 Å². The Labute approximate surface area is 124 Å². The average molecular weight is 288 g/mol. The first-order chi connectivity index (χ1) is 10.2. The van der Waals surface area contributed by atoms with Crippen molar-refractivity contribution in [3.05, 3.63) is 71.8 Å². The Morgan fingerprint density at radius 2 is 1.48 bits per heavy atom. The zero-order valence-corrected chi connectivity index (χ0v) is 11.9. The first kappa shape index (κ1) is 15.7. The topological polar surface area (TPSA) is 58.9 Å². The quantitative estimate of drug-likeness (QED) is 0.769. The first-order valence-electron chi connectivity index (χ1n) is 6.89. The highest BCUT2D eigenvalue weighted by atomic mass is 16.7. The van der Waals surface area contributed by atoms with Crippen LogP contribution in [0.25, 0.3) is 0 Å². The van der Waals surface area contributed by atoms with Gasteiger partial charge in [0.15, 0.2) is 12.6 Å². The lowest BCUT2D eigenvalue weighted by molar-refractivity contribution is -0.228. The predicted octanol–water partition coefficient (Wildman–Crippen LogP) is 2.62. The van der Waals surface area contributed by atoms with Crippen LogP contribution in [0.3, 0.4) is 0 Å². The smallest absolute Gasteiger partial charge is 0.181 e. The van der Waals surface area contributed by atoms with Crippen LogP contribution in [0.5, 0.6) is 0 Å². The molecule has 0 aliphatic carbocycles. The van der Waals surface area contributed by atoms with Crippen LogP contribution in [-0.4, -0.2) is 22.6 Å². The van der Waals surface area contributed by atoms with Gasteiger partial charge in [-0.25, -0.2) is 0 Å². The molecule has 0 amide bonds. The van der Waals surface area contributed by atoms with Gasteiger partial charge in [-0.05, 0) is 12.5 Å². The molecule has 3 atom stereocenters. The van der Waals surface area contributed by atoms with Crippen LogP contribution in [0, 0.1) is 0 Å². The van der Waals surface area contributed by atoms with E-state index >= 15 is 0 Å². The van der Waals surface area contributed by atoms with Gasteiger partial charge in [-0.2, -0.15) is 0 Å². The summed E-state index contributed by atoms with van der Waals surface area (Å²) in [7, 11) is 0. The third kappa shape index (κ3) is 4.95. The van der Waals surface area contributed by atoms with Gasteiger partial charge in [-0.1, -0.05) is 60.7 Å². The van der Waals surface area contributed by atoms with Gasteiger partial charge in [0, 0.05) is 5.56 Å². The zero-order chi connectivity index (χ0) is 15.1. The van der Waals surface area contributed by atoms with E-state index in [0.717, 1.165) is 5.56 Å². The Kier molecular flexibility index (Phi) is 5.90. The van der Waals surface area contributed by atoms with Crippen LogP contribution in [0.4, 0.5) is 0 Å². The summed E-state index contributed by atoms with van der Waals surface area (Å²) in [4.78, 5) is 0. The Balaban J connectivity index is 1.81. The molecule has 2 unspecified atom stereocenters. The van der Waals surface area contributed by atoms with E-state index in [9.17, 15) is 10.2 Å². The SMILES string of the molecule is C[C@@H](OC(O)c1ccccc1)C(O)OCc1ccccc1. The number of rotatable bonds is 7. The first-order valence-corrected chi connectivity index (χ1v) is 6.89. The molecule has 2 rings (SSSR count). The fourth-order valence-electron chi connectivity index (χ4n) is 1.86. The summed E-state index contributed by atoms with van der Waals surface area (Å²) < 4.78 is 10.7. The lowest BCUT2D eigenvalue weighted by atomic mass is 10.2. The van der Waals surface area contributed by atoms with Gasteiger partial charge < -0.3 is 19.7 Å². The maximum absolute atomic E-state index is 9.94. The molecule has 0 fully saturated rings. The maximum atomic E-state index is 9.94. The fourth-order valence-corrected chi connectivity index (χ4v) is 1.86. The second-order valence-electron chi connectivity index (χ2n) is 4.79. The number of benzene rings is 2. The van der Waals surface area contributed by atoms with Crippen molar-refractivity contribution in [3.63, 3.8) is 0 Å². The molecule has 0 heterocycles. The van der Waals surface area contributed by atoms with E-state index in [2.05, 4.69) is 0 Å². The second-order valence-corrected chi connectivity index (χ2v) is 4.79. The van der Waals surface area contributed by atoms with Gasteiger partial charge in [-0.15, -0.1) is 0 Å². The molecule has 2 aromatic carbocycles. The average Bonchev–Trinajstić information content (AvgIpc) is 2.54. The van der Waals surface area contributed by atoms with E-state index in [1.165, 1.54) is 0 Å². The van der Waals surface area contributed by atoms with E-state index < -0.39 is 18.7 Å². The molecule has 21 heavy (non-hydrogen) atoms. The van der Waals surface area contributed by atoms with Crippen molar-refractivity contribution in [3.8, 4) is 0 Å². The number of hydrogen-bond donors (Lipinski definition) is 2. The molecule has 0 radical (unpaired) electrons. The van der Waals surface area contributed by atoms with Crippen LogP contribution >= 0.6 is 0 Å². The summed E-state index contributed by atoms with van der Waals surface area (Å²) in [6.45, 7) is 1.94. The molecule has 0 aromatic heterocycles. The normalized spacial score (nSPS) is 15.4. The molecule has 112 valence electrons. The number of ether oxygens (including phenoxy) is 2. The Bertz CT molecular complexity index is 515. The van der Waals surface area contributed by atoms with Crippen LogP contribution in [0.1, 0.15) is 24.3 Å². The van der Waals surface area contributed by atoms with Crippen molar-refractivity contribution >= 4 is 0 Å². The summed E-state index contributed by atoms with van der Waals surface area (Å²) in [5.74, 6) is 0. The number of hydrogen-bond acceptors (Lipinski definition) is 4. The highest BCUT2D eigenvalue weighted by Crippen LogP contribution is 2.17. The number of aliphatic hydroxyl groups is 2. The minimum Gasteiger partial charge on any atom is -0.366 e.